The Hall–Kier alpha value is -1.64. The van der Waals surface area contributed by atoms with Gasteiger partial charge < -0.3 is 14.8 Å². The average molecular weight is 342 g/mol. The number of nitrogens with zero attached hydrogens (tertiary/aromatic N) is 1. The van der Waals surface area contributed by atoms with Crippen molar-refractivity contribution in [2.45, 2.75) is 19.6 Å². The zero-order chi connectivity index (χ0) is 16.7. The summed E-state index contributed by atoms with van der Waals surface area (Å²) in [5.41, 5.74) is 0.873. The quantitative estimate of drug-likeness (QED) is 0.832. The Morgan fingerprint density at radius 1 is 1.39 bits per heavy atom. The minimum Gasteiger partial charge on any atom is -0.445 e. The Kier molecular flexibility index (Phi) is 6.37. The molecule has 1 heterocycles. The first-order valence-electron chi connectivity index (χ1n) is 7.51. The van der Waals surface area contributed by atoms with Gasteiger partial charge in [-0.25, -0.2) is 13.2 Å². The number of nitrogens with one attached hydrogen (secondary N) is 1. The van der Waals surface area contributed by atoms with Crippen LogP contribution in [-0.2, 0) is 26.1 Å². The van der Waals surface area contributed by atoms with E-state index in [1.807, 2.05) is 30.3 Å². The summed E-state index contributed by atoms with van der Waals surface area (Å²) in [7, 11) is -3.41. The number of morpholine rings is 1. The molecule has 1 unspecified atom stereocenters. The van der Waals surface area contributed by atoms with Gasteiger partial charge >= 0.3 is 6.09 Å². The van der Waals surface area contributed by atoms with E-state index >= 15 is 0 Å². The number of hydrogen-bond acceptors (Lipinski definition) is 5. The van der Waals surface area contributed by atoms with E-state index in [2.05, 4.69) is 5.32 Å². The first kappa shape index (κ1) is 17.7. The van der Waals surface area contributed by atoms with E-state index in [0.29, 0.717) is 19.8 Å². The maximum absolute atomic E-state index is 12.2. The molecule has 0 radical (unpaired) electrons. The largest absolute Gasteiger partial charge is 0.445 e. The zero-order valence-corrected chi connectivity index (χ0v) is 13.9. The van der Waals surface area contributed by atoms with Gasteiger partial charge in [0.05, 0.1) is 19.0 Å². The first-order chi connectivity index (χ1) is 11.0. The van der Waals surface area contributed by atoms with E-state index in [1.54, 1.807) is 6.92 Å². The Bertz CT molecular complexity index is 606. The highest BCUT2D eigenvalue weighted by atomic mass is 32.2. The smallest absolute Gasteiger partial charge is 0.407 e. The Balaban J connectivity index is 1.72. The van der Waals surface area contributed by atoms with Crippen LogP contribution in [0.4, 0.5) is 4.79 Å². The molecule has 0 aliphatic carbocycles. The molecule has 23 heavy (non-hydrogen) atoms. The summed E-state index contributed by atoms with van der Waals surface area (Å²) in [6.45, 7) is 3.11. The summed E-state index contributed by atoms with van der Waals surface area (Å²) >= 11 is 0. The van der Waals surface area contributed by atoms with Crippen LogP contribution in [0.1, 0.15) is 12.5 Å². The lowest BCUT2D eigenvalue weighted by Crippen LogP contribution is -2.49. The predicted octanol–water partition coefficient (Wildman–Crippen LogP) is 0.963. The zero-order valence-electron chi connectivity index (χ0n) is 13.1. The number of carbonyl (C=O) groups excluding carboxylic acids is 1. The van der Waals surface area contributed by atoms with Crippen molar-refractivity contribution in [3.05, 3.63) is 35.9 Å². The fourth-order valence-electron chi connectivity index (χ4n) is 2.30. The highest BCUT2D eigenvalue weighted by molar-refractivity contribution is 7.89. The van der Waals surface area contributed by atoms with Crippen LogP contribution in [0.3, 0.4) is 0 Å². The Labute approximate surface area is 136 Å². The van der Waals surface area contributed by atoms with Crippen molar-refractivity contribution >= 4 is 16.1 Å². The molecule has 0 aromatic heterocycles. The van der Waals surface area contributed by atoms with E-state index in [9.17, 15) is 13.2 Å². The minimum absolute atomic E-state index is 0.0139. The monoisotopic (exact) mass is 342 g/mol. The van der Waals surface area contributed by atoms with Gasteiger partial charge in [-0.05, 0) is 12.5 Å². The molecule has 1 fully saturated rings. The third-order valence-corrected chi connectivity index (χ3v) is 5.48. The molecule has 1 N–H and O–H groups in total. The molecule has 0 saturated carbocycles. The summed E-state index contributed by atoms with van der Waals surface area (Å²) in [5.74, 6) is -0.155. The molecule has 1 aromatic rings. The van der Waals surface area contributed by atoms with Crippen molar-refractivity contribution < 1.29 is 22.7 Å². The number of amides is 1. The Morgan fingerprint density at radius 2 is 2.13 bits per heavy atom. The predicted molar refractivity (Wildman–Crippen MR) is 85.4 cm³/mol. The van der Waals surface area contributed by atoms with Gasteiger partial charge in [-0.1, -0.05) is 30.3 Å². The number of benzene rings is 1. The van der Waals surface area contributed by atoms with E-state index in [0.717, 1.165) is 5.56 Å². The Morgan fingerprint density at radius 3 is 2.83 bits per heavy atom. The van der Waals surface area contributed by atoms with Crippen molar-refractivity contribution in [3.8, 4) is 0 Å². The van der Waals surface area contributed by atoms with Crippen LogP contribution >= 0.6 is 0 Å². The molecule has 1 atom stereocenters. The maximum atomic E-state index is 12.2. The molecule has 1 aliphatic rings. The summed E-state index contributed by atoms with van der Waals surface area (Å²) in [6, 6.07) is 9.09. The SMILES string of the molecule is CC1COCCN1S(=O)(=O)CCNC(=O)OCc1ccccc1. The van der Waals surface area contributed by atoms with Crippen molar-refractivity contribution in [2.75, 3.05) is 32.1 Å². The number of ether oxygens (including phenoxy) is 2. The number of hydrogen-bond donors (Lipinski definition) is 1. The average Bonchev–Trinajstić information content (AvgIpc) is 2.54. The molecule has 2 rings (SSSR count). The molecule has 1 saturated heterocycles. The van der Waals surface area contributed by atoms with Gasteiger partial charge in [0.15, 0.2) is 0 Å². The summed E-state index contributed by atoms with van der Waals surface area (Å²) in [6.07, 6.45) is -0.626. The van der Waals surface area contributed by atoms with Crippen LogP contribution in [0.15, 0.2) is 30.3 Å². The lowest BCUT2D eigenvalue weighted by atomic mass is 10.2. The number of alkyl carbamates (subject to hydrolysis) is 1. The molecule has 128 valence electrons. The normalized spacial score (nSPS) is 19.3. The second kappa shape index (κ2) is 8.28. The second-order valence-corrected chi connectivity index (χ2v) is 7.38. The van der Waals surface area contributed by atoms with Gasteiger partial charge in [0.1, 0.15) is 6.61 Å². The fraction of sp³-hybridized carbons (Fsp3) is 0.533. The number of sulfonamides is 1. The van der Waals surface area contributed by atoms with Crippen LogP contribution in [0.5, 0.6) is 0 Å². The molecule has 1 aromatic carbocycles. The van der Waals surface area contributed by atoms with Gasteiger partial charge in [-0.2, -0.15) is 4.31 Å². The molecular weight excluding hydrogens is 320 g/mol. The van der Waals surface area contributed by atoms with Crippen molar-refractivity contribution in [2.24, 2.45) is 0 Å². The van der Waals surface area contributed by atoms with E-state index in [4.69, 9.17) is 9.47 Å². The third kappa shape index (κ3) is 5.49. The van der Waals surface area contributed by atoms with Crippen LogP contribution in [-0.4, -0.2) is 56.9 Å². The molecular formula is C15H22N2O5S. The van der Waals surface area contributed by atoms with Crippen LogP contribution in [0, 0.1) is 0 Å². The third-order valence-electron chi connectivity index (χ3n) is 3.51. The minimum atomic E-state index is -3.41. The van der Waals surface area contributed by atoms with E-state index in [1.165, 1.54) is 4.31 Å². The lowest BCUT2D eigenvalue weighted by molar-refractivity contribution is 0.0393. The van der Waals surface area contributed by atoms with Gasteiger partial charge in [0, 0.05) is 19.1 Å². The second-order valence-electron chi connectivity index (χ2n) is 5.34. The van der Waals surface area contributed by atoms with E-state index in [-0.39, 0.29) is 24.9 Å². The highest BCUT2D eigenvalue weighted by Gasteiger charge is 2.29. The highest BCUT2D eigenvalue weighted by Crippen LogP contribution is 2.12. The van der Waals surface area contributed by atoms with Gasteiger partial charge in [-0.3, -0.25) is 0 Å². The molecule has 1 aliphatic heterocycles. The summed E-state index contributed by atoms with van der Waals surface area (Å²) in [4.78, 5) is 11.6. The first-order valence-corrected chi connectivity index (χ1v) is 9.12. The van der Waals surface area contributed by atoms with Crippen LogP contribution in [0.2, 0.25) is 0 Å². The molecule has 7 nitrogen and oxygen atoms in total. The van der Waals surface area contributed by atoms with Gasteiger partial charge in [-0.15, -0.1) is 0 Å². The molecule has 1 amide bonds. The van der Waals surface area contributed by atoms with Gasteiger partial charge in [0.2, 0.25) is 10.0 Å². The van der Waals surface area contributed by atoms with Crippen LogP contribution < -0.4 is 5.32 Å². The standard InChI is InChI=1S/C15H22N2O5S/c1-13-11-21-9-8-17(13)23(19,20)10-7-16-15(18)22-12-14-5-3-2-4-6-14/h2-6,13H,7-12H2,1H3,(H,16,18). The van der Waals surface area contributed by atoms with Gasteiger partial charge in [0.25, 0.3) is 0 Å². The fourth-order valence-corrected chi connectivity index (χ4v) is 3.86. The molecule has 0 bridgehead atoms. The van der Waals surface area contributed by atoms with Crippen molar-refractivity contribution in [1.82, 2.24) is 9.62 Å². The summed E-state index contributed by atoms with van der Waals surface area (Å²) in [5, 5.41) is 2.46. The molecule has 0 spiro atoms. The van der Waals surface area contributed by atoms with Crippen molar-refractivity contribution in [1.29, 1.82) is 0 Å². The summed E-state index contributed by atoms with van der Waals surface area (Å²) < 4.78 is 36.2. The van der Waals surface area contributed by atoms with Crippen molar-refractivity contribution in [3.63, 3.8) is 0 Å². The number of rotatable bonds is 6. The topological polar surface area (TPSA) is 84.9 Å². The van der Waals surface area contributed by atoms with Crippen LogP contribution in [0.25, 0.3) is 0 Å². The lowest BCUT2D eigenvalue weighted by Gasteiger charge is -2.32. The number of carbonyl (C=O) groups is 1. The van der Waals surface area contributed by atoms with E-state index < -0.39 is 16.1 Å². The molecule has 8 heteroatoms. The maximum Gasteiger partial charge on any atom is 0.407 e.